The molecule has 0 radical (unpaired) electrons. The summed E-state index contributed by atoms with van der Waals surface area (Å²) in [6.07, 6.45) is 3.15. The number of hydrogen-bond donors (Lipinski definition) is 1. The van der Waals surface area contributed by atoms with Crippen LogP contribution in [-0.2, 0) is 12.5 Å². The van der Waals surface area contributed by atoms with Gasteiger partial charge in [-0.25, -0.2) is 0 Å². The van der Waals surface area contributed by atoms with Gasteiger partial charge in [-0.2, -0.15) is 0 Å². The molecule has 0 spiro atoms. The van der Waals surface area contributed by atoms with E-state index >= 15 is 0 Å². The average Bonchev–Trinajstić information content (AvgIpc) is 2.51. The van der Waals surface area contributed by atoms with E-state index in [1.165, 1.54) is 5.69 Å². The van der Waals surface area contributed by atoms with Gasteiger partial charge in [0.15, 0.2) is 0 Å². The molecule has 12 heavy (non-hydrogen) atoms. The predicted octanol–water partition coefficient (Wildman–Crippen LogP) is 1.65. The van der Waals surface area contributed by atoms with Gasteiger partial charge in [-0.05, 0) is 18.6 Å². The summed E-state index contributed by atoms with van der Waals surface area (Å²) in [6.45, 7) is 5.10. The smallest absolute Gasteiger partial charge is 0.0243 e. The van der Waals surface area contributed by atoms with E-state index in [2.05, 4.69) is 43.8 Å². The lowest BCUT2D eigenvalue weighted by atomic mass is 9.84. The van der Waals surface area contributed by atoms with Crippen LogP contribution in [0.2, 0.25) is 0 Å². The minimum Gasteiger partial charge on any atom is -0.354 e. The predicted molar refractivity (Wildman–Crippen MR) is 52.1 cm³/mol. The summed E-state index contributed by atoms with van der Waals surface area (Å²) in [4.78, 5) is 0. The summed E-state index contributed by atoms with van der Waals surface area (Å²) in [7, 11) is 2.07. The molecule has 2 nitrogen and oxygen atoms in total. The topological polar surface area (TPSA) is 30.9 Å². The van der Waals surface area contributed by atoms with Gasteiger partial charge in [0.1, 0.15) is 0 Å². The van der Waals surface area contributed by atoms with Crippen LogP contribution in [0.1, 0.15) is 26.0 Å². The van der Waals surface area contributed by atoms with Crippen LogP contribution in [0.4, 0.5) is 0 Å². The zero-order chi connectivity index (χ0) is 9.19. The highest BCUT2D eigenvalue weighted by molar-refractivity contribution is 5.18. The molecule has 0 saturated heterocycles. The zero-order valence-electron chi connectivity index (χ0n) is 8.17. The Hall–Kier alpha value is -0.760. The third-order valence-electron chi connectivity index (χ3n) is 2.79. The molecule has 1 heterocycles. The van der Waals surface area contributed by atoms with Crippen LogP contribution in [0.25, 0.3) is 0 Å². The second-order valence-electron chi connectivity index (χ2n) is 3.62. The molecule has 68 valence electrons. The van der Waals surface area contributed by atoms with E-state index in [9.17, 15) is 0 Å². The van der Waals surface area contributed by atoms with Crippen molar-refractivity contribution in [3.8, 4) is 0 Å². The number of nitrogens with zero attached hydrogens (tertiary/aromatic N) is 1. The van der Waals surface area contributed by atoms with Crippen LogP contribution in [0.5, 0.6) is 0 Å². The lowest BCUT2D eigenvalue weighted by Gasteiger charge is -2.27. The first kappa shape index (κ1) is 9.33. The third kappa shape index (κ3) is 1.39. The van der Waals surface area contributed by atoms with E-state index < -0.39 is 0 Å². The molecule has 0 aliphatic heterocycles. The first-order valence-corrected chi connectivity index (χ1v) is 4.46. The Morgan fingerprint density at radius 2 is 2.25 bits per heavy atom. The third-order valence-corrected chi connectivity index (χ3v) is 2.79. The molecule has 0 aliphatic rings. The van der Waals surface area contributed by atoms with Crippen molar-refractivity contribution in [1.82, 2.24) is 4.57 Å². The molecule has 2 heteroatoms. The molecule has 2 N–H and O–H groups in total. The van der Waals surface area contributed by atoms with E-state index in [1.54, 1.807) is 0 Å². The quantitative estimate of drug-likeness (QED) is 0.727. The summed E-state index contributed by atoms with van der Waals surface area (Å²) in [5.41, 5.74) is 7.23. The molecule has 0 amide bonds. The van der Waals surface area contributed by atoms with Gasteiger partial charge in [0.25, 0.3) is 0 Å². The Bertz CT molecular complexity index is 246. The van der Waals surface area contributed by atoms with E-state index in [0.29, 0.717) is 6.54 Å². The van der Waals surface area contributed by atoms with Crippen molar-refractivity contribution in [2.24, 2.45) is 12.8 Å². The molecule has 0 aromatic carbocycles. The fourth-order valence-corrected chi connectivity index (χ4v) is 1.52. The molecule has 0 saturated carbocycles. The van der Waals surface area contributed by atoms with Crippen molar-refractivity contribution in [1.29, 1.82) is 0 Å². The zero-order valence-corrected chi connectivity index (χ0v) is 8.17. The number of nitrogens with two attached hydrogens (primary N) is 1. The number of aryl methyl sites for hydroxylation is 1. The van der Waals surface area contributed by atoms with Gasteiger partial charge >= 0.3 is 0 Å². The van der Waals surface area contributed by atoms with Gasteiger partial charge in [0, 0.05) is 30.9 Å². The van der Waals surface area contributed by atoms with Crippen LogP contribution < -0.4 is 5.73 Å². The maximum atomic E-state index is 5.76. The summed E-state index contributed by atoms with van der Waals surface area (Å²) in [5, 5.41) is 0. The summed E-state index contributed by atoms with van der Waals surface area (Å²) in [5.74, 6) is 0. The molecule has 1 rings (SSSR count). The monoisotopic (exact) mass is 166 g/mol. The SMILES string of the molecule is CCC(C)(CN)c1cccn1C. The van der Waals surface area contributed by atoms with Crippen LogP contribution >= 0.6 is 0 Å². The highest BCUT2D eigenvalue weighted by Crippen LogP contribution is 2.25. The van der Waals surface area contributed by atoms with Gasteiger partial charge in [-0.3, -0.25) is 0 Å². The Kier molecular flexibility index (Phi) is 2.58. The van der Waals surface area contributed by atoms with E-state index in [4.69, 9.17) is 5.73 Å². The van der Waals surface area contributed by atoms with Crippen molar-refractivity contribution in [2.45, 2.75) is 25.7 Å². The van der Waals surface area contributed by atoms with Crippen molar-refractivity contribution in [2.75, 3.05) is 6.54 Å². The second-order valence-corrected chi connectivity index (χ2v) is 3.62. The molecule has 1 atom stereocenters. The first-order valence-electron chi connectivity index (χ1n) is 4.46. The lowest BCUT2D eigenvalue weighted by molar-refractivity contribution is 0.439. The highest BCUT2D eigenvalue weighted by Gasteiger charge is 2.24. The number of hydrogen-bond acceptors (Lipinski definition) is 1. The Morgan fingerprint density at radius 1 is 1.58 bits per heavy atom. The minimum atomic E-state index is 0.137. The number of rotatable bonds is 3. The Morgan fingerprint density at radius 3 is 2.58 bits per heavy atom. The molecule has 0 fully saturated rings. The fraction of sp³-hybridized carbons (Fsp3) is 0.600. The Labute approximate surface area is 74.4 Å². The van der Waals surface area contributed by atoms with Gasteiger partial charge in [0.2, 0.25) is 0 Å². The highest BCUT2D eigenvalue weighted by atomic mass is 14.9. The summed E-state index contributed by atoms with van der Waals surface area (Å²) < 4.78 is 2.15. The average molecular weight is 166 g/mol. The molecular formula is C10H18N2. The molecule has 0 bridgehead atoms. The van der Waals surface area contributed by atoms with E-state index in [1.807, 2.05) is 0 Å². The Balaban J connectivity index is 3.02. The largest absolute Gasteiger partial charge is 0.354 e. The molecule has 1 aromatic heterocycles. The molecular weight excluding hydrogens is 148 g/mol. The number of aromatic nitrogens is 1. The van der Waals surface area contributed by atoms with Crippen molar-refractivity contribution in [3.63, 3.8) is 0 Å². The van der Waals surface area contributed by atoms with E-state index in [-0.39, 0.29) is 5.41 Å². The van der Waals surface area contributed by atoms with Crippen LogP contribution in [0.15, 0.2) is 18.3 Å². The normalized spacial score (nSPS) is 16.0. The standard InChI is InChI=1S/C10H18N2/c1-4-10(2,8-11)9-6-5-7-12(9)3/h5-7H,4,8,11H2,1-3H3. The first-order chi connectivity index (χ1) is 5.64. The second kappa shape index (κ2) is 3.31. The van der Waals surface area contributed by atoms with Gasteiger partial charge in [-0.1, -0.05) is 13.8 Å². The molecule has 1 unspecified atom stereocenters. The maximum Gasteiger partial charge on any atom is 0.0243 e. The van der Waals surface area contributed by atoms with Crippen molar-refractivity contribution >= 4 is 0 Å². The van der Waals surface area contributed by atoms with Gasteiger partial charge < -0.3 is 10.3 Å². The van der Waals surface area contributed by atoms with Crippen LogP contribution in [-0.4, -0.2) is 11.1 Å². The summed E-state index contributed by atoms with van der Waals surface area (Å²) in [6, 6.07) is 4.22. The minimum absolute atomic E-state index is 0.137. The maximum absolute atomic E-state index is 5.76. The fourth-order valence-electron chi connectivity index (χ4n) is 1.52. The molecule has 1 aromatic rings. The van der Waals surface area contributed by atoms with E-state index in [0.717, 1.165) is 6.42 Å². The van der Waals surface area contributed by atoms with Crippen molar-refractivity contribution in [3.05, 3.63) is 24.0 Å². The summed E-state index contributed by atoms with van der Waals surface area (Å²) >= 11 is 0. The van der Waals surface area contributed by atoms with Crippen LogP contribution in [0.3, 0.4) is 0 Å². The van der Waals surface area contributed by atoms with Crippen LogP contribution in [0, 0.1) is 0 Å². The van der Waals surface area contributed by atoms with Crippen molar-refractivity contribution < 1.29 is 0 Å². The van der Waals surface area contributed by atoms with Gasteiger partial charge in [-0.15, -0.1) is 0 Å². The molecule has 0 aliphatic carbocycles. The van der Waals surface area contributed by atoms with Gasteiger partial charge in [0.05, 0.1) is 0 Å². The lowest BCUT2D eigenvalue weighted by Crippen LogP contribution is -2.32.